The van der Waals surface area contributed by atoms with Crippen molar-refractivity contribution in [3.05, 3.63) is 0 Å². The number of esters is 4. The molecule has 0 saturated carbocycles. The van der Waals surface area contributed by atoms with E-state index in [4.69, 9.17) is 37.0 Å². The van der Waals surface area contributed by atoms with Crippen molar-refractivity contribution >= 4 is 39.5 Å². The van der Waals surface area contributed by atoms with Crippen LogP contribution in [-0.4, -0.2) is 96.7 Å². The van der Waals surface area contributed by atoms with Gasteiger partial charge in [0, 0.05) is 25.7 Å². The summed E-state index contributed by atoms with van der Waals surface area (Å²) in [4.78, 5) is 73.0. The van der Waals surface area contributed by atoms with Gasteiger partial charge in [0.1, 0.15) is 19.3 Å². The van der Waals surface area contributed by atoms with Crippen molar-refractivity contribution in [1.82, 2.24) is 0 Å². The minimum Gasteiger partial charge on any atom is -0.462 e. The second-order valence-corrected chi connectivity index (χ2v) is 34.2. The van der Waals surface area contributed by atoms with Crippen LogP contribution in [0.1, 0.15) is 434 Å². The molecule has 5 atom stereocenters. The lowest BCUT2D eigenvalue weighted by Gasteiger charge is -2.21. The predicted octanol–water partition coefficient (Wildman–Crippen LogP) is 24.9. The Hall–Kier alpha value is -1.94. The van der Waals surface area contributed by atoms with Gasteiger partial charge in [0.05, 0.1) is 26.4 Å². The third kappa shape index (κ3) is 76.3. The van der Waals surface area contributed by atoms with Crippen molar-refractivity contribution in [1.29, 1.82) is 0 Å². The summed E-state index contributed by atoms with van der Waals surface area (Å²) in [5, 5.41) is 10.6. The van der Waals surface area contributed by atoms with E-state index in [1.165, 1.54) is 238 Å². The highest BCUT2D eigenvalue weighted by Gasteiger charge is 2.30. The van der Waals surface area contributed by atoms with Crippen LogP contribution in [0.2, 0.25) is 0 Å². The summed E-state index contributed by atoms with van der Waals surface area (Å²) < 4.78 is 68.7. The van der Waals surface area contributed by atoms with Crippen molar-refractivity contribution in [2.45, 2.75) is 452 Å². The predicted molar refractivity (Wildman–Crippen MR) is 418 cm³/mol. The normalized spacial score (nSPS) is 13.9. The van der Waals surface area contributed by atoms with E-state index in [1.54, 1.807) is 0 Å². The van der Waals surface area contributed by atoms with Gasteiger partial charge in [-0.15, -0.1) is 0 Å². The standard InChI is InChI=1S/C83H162O17P2/c1-8-9-10-11-12-13-14-15-16-17-18-19-20-21-22-27-33-38-43-52-59-66-82(87)99-78(70-93-80(85)64-57-50-42-37-32-26-24-23-25-30-35-40-47-54-61-74(2)3)72-97-101(89,90)95-68-77(84)69-96-102(91,92)98-73-79(71-94-81(86)65-58-51-46-45-49-56-63-76(6)7)100-83(88)67-60-53-44-39-34-29-28-31-36-41-48-55-62-75(4)5/h74-79,84H,8-73H2,1-7H3,(H,89,90)(H,91,92)/t77-,78-,79-/m1/s1. The smallest absolute Gasteiger partial charge is 0.462 e. The average Bonchev–Trinajstić information content (AvgIpc) is 0.917. The van der Waals surface area contributed by atoms with Crippen LogP contribution < -0.4 is 0 Å². The van der Waals surface area contributed by atoms with Gasteiger partial charge in [-0.3, -0.25) is 37.3 Å². The zero-order chi connectivity index (χ0) is 75.1. The molecule has 0 aliphatic heterocycles. The van der Waals surface area contributed by atoms with E-state index >= 15 is 0 Å². The van der Waals surface area contributed by atoms with E-state index in [0.29, 0.717) is 31.6 Å². The van der Waals surface area contributed by atoms with Crippen LogP contribution >= 0.6 is 15.6 Å². The molecule has 0 aromatic carbocycles. The van der Waals surface area contributed by atoms with Crippen molar-refractivity contribution < 1.29 is 80.2 Å². The first kappa shape index (κ1) is 100. The molecule has 0 rings (SSSR count). The number of hydrogen-bond acceptors (Lipinski definition) is 15. The number of aliphatic hydroxyl groups excluding tert-OH is 1. The minimum absolute atomic E-state index is 0.106. The SMILES string of the molecule is CCCCCCCCCCCCCCCCCCCCCCCC(=O)O[C@H](COC(=O)CCCCCCCCCCCCCCCCC(C)C)COP(=O)(O)OC[C@@H](O)COP(=O)(O)OC[C@@H](COC(=O)CCCCCCCCC(C)C)OC(=O)CCCCCCCCCCCCCCC(C)C. The molecule has 0 heterocycles. The molecule has 0 radical (unpaired) electrons. The highest BCUT2D eigenvalue weighted by Crippen LogP contribution is 2.45. The molecule has 2 unspecified atom stereocenters. The van der Waals surface area contributed by atoms with Crippen LogP contribution in [0.25, 0.3) is 0 Å². The third-order valence-electron chi connectivity index (χ3n) is 19.4. The zero-order valence-corrected chi connectivity index (χ0v) is 68.9. The molecule has 17 nitrogen and oxygen atoms in total. The van der Waals surface area contributed by atoms with E-state index in [0.717, 1.165) is 108 Å². The summed E-state index contributed by atoms with van der Waals surface area (Å²) >= 11 is 0. The molecule has 0 aliphatic rings. The average molecular weight is 1490 g/mol. The second kappa shape index (κ2) is 73.2. The van der Waals surface area contributed by atoms with Gasteiger partial charge in [-0.1, -0.05) is 382 Å². The summed E-state index contributed by atoms with van der Waals surface area (Å²) in [7, 11) is -9.92. The molecule has 3 N–H and O–H groups in total. The van der Waals surface area contributed by atoms with Gasteiger partial charge in [0.15, 0.2) is 12.2 Å². The molecule has 0 bridgehead atoms. The van der Waals surface area contributed by atoms with Crippen LogP contribution in [-0.2, 0) is 65.4 Å². The Morgan fingerprint density at radius 3 is 0.667 bits per heavy atom. The monoisotopic (exact) mass is 1490 g/mol. The Morgan fingerprint density at radius 1 is 0.265 bits per heavy atom. The quantitative estimate of drug-likeness (QED) is 0.0222. The molecule has 0 aromatic rings. The molecule has 0 amide bonds. The largest absolute Gasteiger partial charge is 0.472 e. The topological polar surface area (TPSA) is 237 Å². The van der Waals surface area contributed by atoms with Crippen molar-refractivity contribution in [2.24, 2.45) is 17.8 Å². The second-order valence-electron chi connectivity index (χ2n) is 31.3. The van der Waals surface area contributed by atoms with Gasteiger partial charge in [0.25, 0.3) is 0 Å². The first-order valence-electron chi connectivity index (χ1n) is 42.8. The van der Waals surface area contributed by atoms with Gasteiger partial charge >= 0.3 is 39.5 Å². The number of rotatable bonds is 81. The van der Waals surface area contributed by atoms with Crippen molar-refractivity contribution in [2.75, 3.05) is 39.6 Å². The molecule has 0 saturated heterocycles. The van der Waals surface area contributed by atoms with Crippen molar-refractivity contribution in [3.63, 3.8) is 0 Å². The fourth-order valence-electron chi connectivity index (χ4n) is 12.8. The first-order valence-corrected chi connectivity index (χ1v) is 45.8. The summed E-state index contributed by atoms with van der Waals surface area (Å²) in [5.74, 6) is 0.144. The third-order valence-corrected chi connectivity index (χ3v) is 21.3. The van der Waals surface area contributed by atoms with Crippen molar-refractivity contribution in [3.8, 4) is 0 Å². The number of carbonyl (C=O) groups is 4. The van der Waals surface area contributed by atoms with Crippen LogP contribution in [0.3, 0.4) is 0 Å². The Balaban J connectivity index is 5.21. The van der Waals surface area contributed by atoms with Gasteiger partial charge in [0.2, 0.25) is 0 Å². The first-order chi connectivity index (χ1) is 49.2. The molecule has 606 valence electrons. The molecule has 0 fully saturated rings. The molecule has 0 aliphatic carbocycles. The molecule has 19 heteroatoms. The van der Waals surface area contributed by atoms with E-state index in [-0.39, 0.29) is 25.7 Å². The van der Waals surface area contributed by atoms with Gasteiger partial charge in [-0.25, -0.2) is 9.13 Å². The summed E-state index contributed by atoms with van der Waals surface area (Å²) in [6.45, 7) is 11.9. The molecular weight excluding hydrogens is 1330 g/mol. The lowest BCUT2D eigenvalue weighted by atomic mass is 10.0. The fraction of sp³-hybridized carbons (Fsp3) is 0.952. The van der Waals surface area contributed by atoms with Crippen LogP contribution in [0.5, 0.6) is 0 Å². The number of phosphoric ester groups is 2. The molecule has 0 spiro atoms. The van der Waals surface area contributed by atoms with Gasteiger partial charge in [-0.05, 0) is 43.4 Å². The lowest BCUT2D eigenvalue weighted by molar-refractivity contribution is -0.161. The molecule has 102 heavy (non-hydrogen) atoms. The number of unbranched alkanes of at least 4 members (excludes halogenated alkanes) is 49. The van der Waals surface area contributed by atoms with Crippen LogP contribution in [0.15, 0.2) is 0 Å². The van der Waals surface area contributed by atoms with E-state index in [2.05, 4.69) is 48.5 Å². The Labute approximate surface area is 626 Å². The number of ether oxygens (including phenoxy) is 4. The Morgan fingerprint density at radius 2 is 0.451 bits per heavy atom. The van der Waals surface area contributed by atoms with E-state index in [1.807, 2.05) is 0 Å². The summed E-state index contributed by atoms with van der Waals surface area (Å²) in [5.41, 5.74) is 0. The maximum Gasteiger partial charge on any atom is 0.472 e. The van der Waals surface area contributed by atoms with E-state index < -0.39 is 97.5 Å². The zero-order valence-electron chi connectivity index (χ0n) is 67.1. The maximum absolute atomic E-state index is 13.1. The highest BCUT2D eigenvalue weighted by molar-refractivity contribution is 7.47. The number of carbonyl (C=O) groups excluding carboxylic acids is 4. The minimum atomic E-state index is -4.96. The fourth-order valence-corrected chi connectivity index (χ4v) is 14.4. The van der Waals surface area contributed by atoms with Crippen LogP contribution in [0.4, 0.5) is 0 Å². The van der Waals surface area contributed by atoms with Gasteiger partial charge < -0.3 is 33.8 Å². The van der Waals surface area contributed by atoms with E-state index in [9.17, 15) is 43.2 Å². The summed E-state index contributed by atoms with van der Waals surface area (Å²) in [6.07, 6.45) is 62.7. The van der Waals surface area contributed by atoms with Crippen LogP contribution in [0, 0.1) is 17.8 Å². The molecular formula is C83H162O17P2. The maximum atomic E-state index is 13.1. The number of phosphoric acid groups is 2. The van der Waals surface area contributed by atoms with Gasteiger partial charge in [-0.2, -0.15) is 0 Å². The summed E-state index contributed by atoms with van der Waals surface area (Å²) in [6, 6.07) is 0. The number of hydrogen-bond donors (Lipinski definition) is 3. The Kier molecular flexibility index (Phi) is 71.8. The lowest BCUT2D eigenvalue weighted by Crippen LogP contribution is -2.30. The molecule has 0 aromatic heterocycles. The highest BCUT2D eigenvalue weighted by atomic mass is 31.2. The Bertz CT molecular complexity index is 1970. The number of aliphatic hydroxyl groups is 1.